The highest BCUT2D eigenvalue weighted by Crippen LogP contribution is 2.24. The maximum atomic E-state index is 4.41. The highest BCUT2D eigenvalue weighted by Gasteiger charge is 2.23. The molecule has 0 aliphatic rings. The molecule has 0 bridgehead atoms. The van der Waals surface area contributed by atoms with Crippen molar-refractivity contribution in [3.05, 3.63) is 34.3 Å². The Hall–Kier alpha value is -1.20. The lowest BCUT2D eigenvalue weighted by molar-refractivity contribution is 0.394. The molecule has 2 N–H and O–H groups in total. The van der Waals surface area contributed by atoms with Gasteiger partial charge in [0.1, 0.15) is 10.8 Å². The van der Waals surface area contributed by atoms with E-state index in [2.05, 4.69) is 41.0 Å². The molecule has 0 fully saturated rings. The van der Waals surface area contributed by atoms with Gasteiger partial charge in [-0.1, -0.05) is 0 Å². The molecule has 5 heteroatoms. The maximum Gasteiger partial charge on any atom is 0.120 e. The van der Waals surface area contributed by atoms with E-state index in [1.807, 2.05) is 12.4 Å². The van der Waals surface area contributed by atoms with Gasteiger partial charge in [0.15, 0.2) is 0 Å². The van der Waals surface area contributed by atoms with Gasteiger partial charge in [0, 0.05) is 23.5 Å². The van der Waals surface area contributed by atoms with Crippen LogP contribution in [-0.2, 0) is 12.1 Å². The van der Waals surface area contributed by atoms with Crippen LogP contribution in [0.5, 0.6) is 0 Å². The van der Waals surface area contributed by atoms with E-state index in [4.69, 9.17) is 0 Å². The summed E-state index contributed by atoms with van der Waals surface area (Å²) in [4.78, 5) is 12.9. The van der Waals surface area contributed by atoms with Crippen LogP contribution in [0, 0.1) is 6.92 Å². The van der Waals surface area contributed by atoms with Gasteiger partial charge in [0.25, 0.3) is 0 Å². The van der Waals surface area contributed by atoms with Crippen LogP contribution < -0.4 is 5.32 Å². The molecule has 2 rings (SSSR count). The zero-order valence-corrected chi connectivity index (χ0v) is 10.6. The Morgan fingerprint density at radius 2 is 2.25 bits per heavy atom. The Balaban J connectivity index is 2.02. The van der Waals surface area contributed by atoms with Gasteiger partial charge >= 0.3 is 0 Å². The average Bonchev–Trinajstić information content (AvgIpc) is 2.85. The topological polar surface area (TPSA) is 53.6 Å². The first-order valence-corrected chi connectivity index (χ1v) is 6.06. The van der Waals surface area contributed by atoms with Gasteiger partial charge in [-0.15, -0.1) is 11.3 Å². The van der Waals surface area contributed by atoms with Crippen LogP contribution in [0.1, 0.15) is 29.6 Å². The van der Waals surface area contributed by atoms with E-state index < -0.39 is 0 Å². The number of aromatic amines is 1. The Labute approximate surface area is 99.2 Å². The Morgan fingerprint density at radius 1 is 1.44 bits per heavy atom. The first kappa shape index (κ1) is 11.3. The predicted octanol–water partition coefficient (Wildman–Crippen LogP) is 2.20. The van der Waals surface area contributed by atoms with Crippen molar-refractivity contribution in [2.45, 2.75) is 32.9 Å². The second-order valence-electron chi connectivity index (χ2n) is 4.29. The number of thiazole rings is 1. The van der Waals surface area contributed by atoms with E-state index in [0.717, 1.165) is 17.4 Å². The third kappa shape index (κ3) is 2.48. The quantitative estimate of drug-likeness (QED) is 0.855. The molecule has 0 radical (unpaired) electrons. The molecule has 4 nitrogen and oxygen atoms in total. The molecule has 0 aliphatic carbocycles. The molecule has 2 aromatic rings. The summed E-state index contributed by atoms with van der Waals surface area (Å²) >= 11 is 1.73. The first-order valence-electron chi connectivity index (χ1n) is 5.24. The SMILES string of the molecule is Cc1cnc(C(C)(C)NCc2ncc[nH]2)s1. The van der Waals surface area contributed by atoms with Crippen molar-refractivity contribution in [1.82, 2.24) is 20.3 Å². The monoisotopic (exact) mass is 236 g/mol. The van der Waals surface area contributed by atoms with Crippen LogP contribution in [0.3, 0.4) is 0 Å². The smallest absolute Gasteiger partial charge is 0.120 e. The van der Waals surface area contributed by atoms with Crippen molar-refractivity contribution in [2.75, 3.05) is 0 Å². The normalized spacial score (nSPS) is 11.9. The predicted molar refractivity (Wildman–Crippen MR) is 65.3 cm³/mol. The van der Waals surface area contributed by atoms with Gasteiger partial charge in [-0.3, -0.25) is 5.32 Å². The summed E-state index contributed by atoms with van der Waals surface area (Å²) in [5.41, 5.74) is -0.119. The first-order chi connectivity index (χ1) is 7.58. The lowest BCUT2D eigenvalue weighted by atomic mass is 10.1. The molecule has 86 valence electrons. The van der Waals surface area contributed by atoms with Crippen molar-refractivity contribution in [1.29, 1.82) is 0 Å². The summed E-state index contributed by atoms with van der Waals surface area (Å²) in [7, 11) is 0. The van der Waals surface area contributed by atoms with Crippen LogP contribution in [0.25, 0.3) is 0 Å². The molecular formula is C11H16N4S. The van der Waals surface area contributed by atoms with Crippen molar-refractivity contribution in [3.63, 3.8) is 0 Å². The summed E-state index contributed by atoms with van der Waals surface area (Å²) in [6, 6.07) is 0. The fourth-order valence-electron chi connectivity index (χ4n) is 1.42. The van der Waals surface area contributed by atoms with E-state index in [1.54, 1.807) is 17.5 Å². The molecule has 0 saturated heterocycles. The second kappa shape index (κ2) is 4.35. The number of H-pyrrole nitrogens is 1. The molecule has 0 saturated carbocycles. The number of imidazole rings is 1. The second-order valence-corrected chi connectivity index (χ2v) is 5.53. The number of rotatable bonds is 4. The van der Waals surface area contributed by atoms with Crippen molar-refractivity contribution < 1.29 is 0 Å². The van der Waals surface area contributed by atoms with E-state index in [1.165, 1.54) is 4.88 Å². The van der Waals surface area contributed by atoms with Gasteiger partial charge in [-0.05, 0) is 20.8 Å². The summed E-state index contributed by atoms with van der Waals surface area (Å²) in [5, 5.41) is 4.55. The molecule has 0 amide bonds. The Morgan fingerprint density at radius 3 is 2.81 bits per heavy atom. The molecule has 2 aromatic heterocycles. The fraction of sp³-hybridized carbons (Fsp3) is 0.455. The summed E-state index contributed by atoms with van der Waals surface area (Å²) in [6.07, 6.45) is 5.51. The van der Waals surface area contributed by atoms with Crippen molar-refractivity contribution >= 4 is 11.3 Å². The van der Waals surface area contributed by atoms with Crippen molar-refractivity contribution in [3.8, 4) is 0 Å². The molecule has 0 aliphatic heterocycles. The fourth-order valence-corrected chi connectivity index (χ4v) is 2.26. The molecular weight excluding hydrogens is 220 g/mol. The molecule has 0 spiro atoms. The Kier molecular flexibility index (Phi) is 3.07. The van der Waals surface area contributed by atoms with E-state index in [-0.39, 0.29) is 5.54 Å². The number of nitrogens with zero attached hydrogens (tertiary/aromatic N) is 2. The minimum Gasteiger partial charge on any atom is -0.348 e. The number of hydrogen-bond acceptors (Lipinski definition) is 4. The standard InChI is InChI=1S/C11H16N4S/c1-8-6-14-10(16-8)11(2,3)15-7-9-12-4-5-13-9/h4-6,15H,7H2,1-3H3,(H,12,13). The van der Waals surface area contributed by atoms with E-state index in [9.17, 15) is 0 Å². The third-order valence-corrected chi connectivity index (χ3v) is 3.65. The van der Waals surface area contributed by atoms with Gasteiger partial charge < -0.3 is 4.98 Å². The Bertz CT molecular complexity index is 444. The van der Waals surface area contributed by atoms with Gasteiger partial charge in [-0.25, -0.2) is 9.97 Å². The molecule has 16 heavy (non-hydrogen) atoms. The van der Waals surface area contributed by atoms with Gasteiger partial charge in [0.05, 0.1) is 12.1 Å². The zero-order chi connectivity index (χ0) is 11.6. The highest BCUT2D eigenvalue weighted by atomic mass is 32.1. The van der Waals surface area contributed by atoms with Crippen LogP contribution in [0.15, 0.2) is 18.6 Å². The highest BCUT2D eigenvalue weighted by molar-refractivity contribution is 7.11. The zero-order valence-electron chi connectivity index (χ0n) is 9.74. The molecule has 0 unspecified atom stereocenters. The molecule has 0 atom stereocenters. The lowest BCUT2D eigenvalue weighted by Crippen LogP contribution is -2.36. The minimum atomic E-state index is -0.119. The van der Waals surface area contributed by atoms with Crippen LogP contribution >= 0.6 is 11.3 Å². The number of aryl methyl sites for hydroxylation is 1. The lowest BCUT2D eigenvalue weighted by Gasteiger charge is -2.23. The van der Waals surface area contributed by atoms with Gasteiger partial charge in [-0.2, -0.15) is 0 Å². The number of aromatic nitrogens is 3. The average molecular weight is 236 g/mol. The summed E-state index contributed by atoms with van der Waals surface area (Å²) < 4.78 is 0. The van der Waals surface area contributed by atoms with Crippen LogP contribution in [0.2, 0.25) is 0 Å². The van der Waals surface area contributed by atoms with E-state index >= 15 is 0 Å². The number of nitrogens with one attached hydrogen (secondary N) is 2. The summed E-state index contributed by atoms with van der Waals surface area (Å²) in [5.74, 6) is 0.946. The number of hydrogen-bond donors (Lipinski definition) is 2. The van der Waals surface area contributed by atoms with E-state index in [0.29, 0.717) is 0 Å². The van der Waals surface area contributed by atoms with Crippen LogP contribution in [-0.4, -0.2) is 15.0 Å². The molecule has 0 aromatic carbocycles. The largest absolute Gasteiger partial charge is 0.348 e. The third-order valence-electron chi connectivity index (χ3n) is 2.41. The van der Waals surface area contributed by atoms with Crippen LogP contribution in [0.4, 0.5) is 0 Å². The van der Waals surface area contributed by atoms with Crippen molar-refractivity contribution in [2.24, 2.45) is 0 Å². The summed E-state index contributed by atoms with van der Waals surface area (Å²) in [6.45, 7) is 7.06. The minimum absolute atomic E-state index is 0.119. The van der Waals surface area contributed by atoms with Gasteiger partial charge in [0.2, 0.25) is 0 Å². The maximum absolute atomic E-state index is 4.41. The molecule has 2 heterocycles.